The van der Waals surface area contributed by atoms with Crippen LogP contribution in [0, 0.1) is 0 Å². The first-order chi connectivity index (χ1) is 8.71. The van der Waals surface area contributed by atoms with Crippen LogP contribution in [0.3, 0.4) is 0 Å². The molecule has 1 aromatic rings. The highest BCUT2D eigenvalue weighted by Crippen LogP contribution is 2.15. The van der Waals surface area contributed by atoms with Crippen LogP contribution >= 0.6 is 22.9 Å². The van der Waals surface area contributed by atoms with E-state index in [1.165, 1.54) is 6.08 Å². The van der Waals surface area contributed by atoms with Gasteiger partial charge in [-0.1, -0.05) is 17.8 Å². The van der Waals surface area contributed by atoms with E-state index in [2.05, 4.69) is 22.0 Å². The second-order valence-corrected chi connectivity index (χ2v) is 4.02. The van der Waals surface area contributed by atoms with E-state index in [0.717, 1.165) is 11.3 Å². The Bertz CT molecular complexity index is 473. The van der Waals surface area contributed by atoms with Crippen molar-refractivity contribution in [1.82, 2.24) is 4.98 Å². The lowest BCUT2D eigenvalue weighted by atomic mass is 10.3. The number of alkyl halides is 1. The molecular formula is C10H10ClN3O3S. The standard InChI is InChI=1S/C10H10ClN3O3S/c1-2-3-17-14-7(5-15)8-6-18-10(12-8)13-9(16)4-11/h2,5-6H,1,3-4H2,(H,12,13,16)/b14-7+. The second kappa shape index (κ2) is 7.57. The molecule has 96 valence electrons. The van der Waals surface area contributed by atoms with E-state index in [0.29, 0.717) is 17.1 Å². The molecule has 1 aromatic heterocycles. The highest BCUT2D eigenvalue weighted by Gasteiger charge is 2.10. The van der Waals surface area contributed by atoms with E-state index < -0.39 is 0 Å². The molecule has 8 heteroatoms. The lowest BCUT2D eigenvalue weighted by Crippen LogP contribution is -2.12. The third kappa shape index (κ3) is 4.27. The lowest BCUT2D eigenvalue weighted by Gasteiger charge is -1.96. The number of nitrogens with zero attached hydrogens (tertiary/aromatic N) is 2. The van der Waals surface area contributed by atoms with Crippen LogP contribution in [-0.2, 0) is 14.4 Å². The zero-order valence-corrected chi connectivity index (χ0v) is 10.8. The molecule has 1 rings (SSSR count). The normalized spacial score (nSPS) is 10.8. The molecule has 0 saturated heterocycles. The van der Waals surface area contributed by atoms with Crippen molar-refractivity contribution in [2.45, 2.75) is 0 Å². The topological polar surface area (TPSA) is 80.6 Å². The van der Waals surface area contributed by atoms with Gasteiger partial charge in [-0.2, -0.15) is 0 Å². The molecule has 0 spiro atoms. The maximum atomic E-state index is 11.0. The summed E-state index contributed by atoms with van der Waals surface area (Å²) in [6.07, 6.45) is 2.02. The minimum atomic E-state index is -0.370. The van der Waals surface area contributed by atoms with Crippen molar-refractivity contribution in [3.8, 4) is 0 Å². The van der Waals surface area contributed by atoms with Crippen molar-refractivity contribution in [2.24, 2.45) is 5.16 Å². The van der Waals surface area contributed by atoms with Gasteiger partial charge in [0.25, 0.3) is 0 Å². The van der Waals surface area contributed by atoms with E-state index in [4.69, 9.17) is 16.4 Å². The number of thiazole rings is 1. The number of hydrogen-bond acceptors (Lipinski definition) is 6. The molecule has 6 nitrogen and oxygen atoms in total. The van der Waals surface area contributed by atoms with Gasteiger partial charge < -0.3 is 10.2 Å². The maximum absolute atomic E-state index is 11.0. The number of carbonyl (C=O) groups excluding carboxylic acids is 2. The Hall–Kier alpha value is -1.73. The van der Waals surface area contributed by atoms with Gasteiger partial charge in [0, 0.05) is 5.38 Å². The lowest BCUT2D eigenvalue weighted by molar-refractivity contribution is -0.114. The summed E-state index contributed by atoms with van der Waals surface area (Å²) in [4.78, 5) is 30.6. The molecule has 0 bridgehead atoms. The van der Waals surface area contributed by atoms with Crippen LogP contribution in [0.2, 0.25) is 0 Å². The molecule has 0 saturated carbocycles. The molecule has 0 aliphatic rings. The van der Waals surface area contributed by atoms with E-state index in [1.54, 1.807) is 5.38 Å². The number of nitrogens with one attached hydrogen (secondary N) is 1. The molecular weight excluding hydrogens is 278 g/mol. The van der Waals surface area contributed by atoms with Gasteiger partial charge in [0.15, 0.2) is 17.1 Å². The van der Waals surface area contributed by atoms with Gasteiger partial charge in [-0.25, -0.2) is 4.98 Å². The van der Waals surface area contributed by atoms with E-state index in [9.17, 15) is 9.59 Å². The smallest absolute Gasteiger partial charge is 0.241 e. The van der Waals surface area contributed by atoms with Crippen LogP contribution in [-0.4, -0.2) is 35.4 Å². The highest BCUT2D eigenvalue weighted by molar-refractivity contribution is 7.14. The van der Waals surface area contributed by atoms with Crippen molar-refractivity contribution >= 4 is 46.0 Å². The number of aromatic nitrogens is 1. The molecule has 1 N–H and O–H groups in total. The van der Waals surface area contributed by atoms with Crippen LogP contribution in [0.1, 0.15) is 5.69 Å². The molecule has 0 aromatic carbocycles. The highest BCUT2D eigenvalue weighted by atomic mass is 35.5. The van der Waals surface area contributed by atoms with Gasteiger partial charge in [-0.05, 0) is 0 Å². The van der Waals surface area contributed by atoms with Crippen molar-refractivity contribution < 1.29 is 14.4 Å². The monoisotopic (exact) mass is 287 g/mol. The summed E-state index contributed by atoms with van der Waals surface area (Å²) in [5.41, 5.74) is 0.364. The average molecular weight is 288 g/mol. The van der Waals surface area contributed by atoms with Crippen LogP contribution < -0.4 is 5.32 Å². The molecule has 0 atom stereocenters. The molecule has 0 aliphatic carbocycles. The Kier molecular flexibility index (Phi) is 6.03. The van der Waals surface area contributed by atoms with Gasteiger partial charge in [0.2, 0.25) is 5.91 Å². The number of rotatable bonds is 7. The Balaban J connectivity index is 2.75. The van der Waals surface area contributed by atoms with Crippen molar-refractivity contribution in [3.05, 3.63) is 23.7 Å². The van der Waals surface area contributed by atoms with Gasteiger partial charge in [0.05, 0.1) is 0 Å². The Morgan fingerprint density at radius 1 is 1.72 bits per heavy atom. The summed E-state index contributed by atoms with van der Waals surface area (Å²) in [5, 5.41) is 7.98. The fraction of sp³-hybridized carbons (Fsp3) is 0.200. The van der Waals surface area contributed by atoms with Gasteiger partial charge >= 0.3 is 0 Å². The summed E-state index contributed by atoms with van der Waals surface area (Å²) in [7, 11) is 0. The summed E-state index contributed by atoms with van der Waals surface area (Å²) in [6.45, 7) is 3.64. The number of aldehydes is 1. The number of anilines is 1. The summed E-state index contributed by atoms with van der Waals surface area (Å²) in [5.74, 6) is -0.531. The van der Waals surface area contributed by atoms with Gasteiger partial charge in [-0.3, -0.25) is 9.59 Å². The zero-order valence-electron chi connectivity index (χ0n) is 9.26. The minimum Gasteiger partial charge on any atom is -0.391 e. The van der Waals surface area contributed by atoms with Crippen LogP contribution in [0.5, 0.6) is 0 Å². The number of halogens is 1. The third-order valence-corrected chi connectivity index (χ3v) is 2.60. The number of hydrogen-bond donors (Lipinski definition) is 1. The first kappa shape index (κ1) is 14.3. The first-order valence-electron chi connectivity index (χ1n) is 4.79. The molecule has 18 heavy (non-hydrogen) atoms. The van der Waals surface area contributed by atoms with Crippen LogP contribution in [0.15, 0.2) is 23.2 Å². The predicted octanol–water partition coefficient (Wildman–Crippen LogP) is 1.43. The third-order valence-electron chi connectivity index (χ3n) is 1.60. The fourth-order valence-corrected chi connectivity index (χ4v) is 1.68. The number of carbonyl (C=O) groups is 2. The SMILES string of the molecule is C=CCO/N=C(\C=O)c1csc(NC(=O)CCl)n1. The fourth-order valence-electron chi connectivity index (χ4n) is 0.890. The minimum absolute atomic E-state index is 0.0412. The summed E-state index contributed by atoms with van der Waals surface area (Å²) in [6, 6.07) is 0. The first-order valence-corrected chi connectivity index (χ1v) is 6.20. The summed E-state index contributed by atoms with van der Waals surface area (Å²) >= 11 is 6.50. The van der Waals surface area contributed by atoms with Gasteiger partial charge in [-0.15, -0.1) is 22.9 Å². The average Bonchev–Trinajstić information content (AvgIpc) is 2.83. The number of oxime groups is 1. The van der Waals surface area contributed by atoms with Crippen LogP contribution in [0.25, 0.3) is 0 Å². The van der Waals surface area contributed by atoms with Crippen molar-refractivity contribution in [2.75, 3.05) is 17.8 Å². The van der Waals surface area contributed by atoms with Crippen LogP contribution in [0.4, 0.5) is 5.13 Å². The predicted molar refractivity (Wildman–Crippen MR) is 70.2 cm³/mol. The van der Waals surface area contributed by atoms with E-state index >= 15 is 0 Å². The quantitative estimate of drug-likeness (QED) is 0.205. The molecule has 0 aliphatic heterocycles. The maximum Gasteiger partial charge on any atom is 0.241 e. The van der Waals surface area contributed by atoms with Crippen molar-refractivity contribution in [3.63, 3.8) is 0 Å². The molecule has 0 radical (unpaired) electrons. The summed E-state index contributed by atoms with van der Waals surface area (Å²) < 4.78 is 0. The molecule has 1 amide bonds. The largest absolute Gasteiger partial charge is 0.391 e. The number of amides is 1. The Morgan fingerprint density at radius 2 is 2.50 bits per heavy atom. The Morgan fingerprint density at radius 3 is 3.11 bits per heavy atom. The molecule has 0 fully saturated rings. The molecule has 1 heterocycles. The van der Waals surface area contributed by atoms with E-state index in [-0.39, 0.29) is 24.1 Å². The van der Waals surface area contributed by atoms with Crippen molar-refractivity contribution in [1.29, 1.82) is 0 Å². The second-order valence-electron chi connectivity index (χ2n) is 2.90. The van der Waals surface area contributed by atoms with Gasteiger partial charge in [0.1, 0.15) is 18.2 Å². The Labute approximate surface area is 112 Å². The zero-order chi connectivity index (χ0) is 13.4. The van der Waals surface area contributed by atoms with E-state index in [1.807, 2.05) is 0 Å². The molecule has 0 unspecified atom stereocenters.